The molecule has 0 bridgehead atoms. The smallest absolute Gasteiger partial charge is 0.262 e. The van der Waals surface area contributed by atoms with Crippen molar-refractivity contribution in [3.05, 3.63) is 74.8 Å². The quantitative estimate of drug-likeness (QED) is 0.369. The normalized spacial score (nSPS) is 19.9. The summed E-state index contributed by atoms with van der Waals surface area (Å²) in [6.45, 7) is 8.02. The van der Waals surface area contributed by atoms with E-state index in [0.717, 1.165) is 29.8 Å². The number of benzene rings is 2. The van der Waals surface area contributed by atoms with Crippen LogP contribution >= 0.6 is 15.9 Å². The lowest BCUT2D eigenvalue weighted by atomic mass is 9.64. The lowest BCUT2D eigenvalue weighted by molar-refractivity contribution is -0.120. The first kappa shape index (κ1) is 30.0. The predicted octanol–water partition coefficient (Wildman–Crippen LogP) is 6.93. The summed E-state index contributed by atoms with van der Waals surface area (Å²) in [5, 5.41) is 2.50. The van der Waals surface area contributed by atoms with Crippen molar-refractivity contribution in [2.45, 2.75) is 59.3 Å². The lowest BCUT2D eigenvalue weighted by Gasteiger charge is -2.48. The van der Waals surface area contributed by atoms with Gasteiger partial charge in [-0.05, 0) is 69.4 Å². The number of methoxy groups -OCH3 is 1. The van der Waals surface area contributed by atoms with Crippen LogP contribution in [-0.2, 0) is 14.4 Å². The Morgan fingerprint density at radius 2 is 1.57 bits per heavy atom. The number of hydrogen-bond acceptors (Lipinski definition) is 6. The monoisotopic (exact) mass is 638 g/mol. The van der Waals surface area contributed by atoms with E-state index < -0.39 is 17.6 Å². The molecule has 2 aliphatic carbocycles. The van der Waals surface area contributed by atoms with Crippen molar-refractivity contribution in [1.82, 2.24) is 4.90 Å². The number of anilines is 1. The van der Waals surface area contributed by atoms with Crippen molar-refractivity contribution in [2.24, 2.45) is 10.8 Å². The van der Waals surface area contributed by atoms with Crippen molar-refractivity contribution < 1.29 is 28.2 Å². The Balaban J connectivity index is 1.54. The van der Waals surface area contributed by atoms with Crippen molar-refractivity contribution in [3.8, 4) is 11.5 Å². The Kier molecular flexibility index (Phi) is 7.85. The van der Waals surface area contributed by atoms with E-state index in [1.54, 1.807) is 12.1 Å². The average Bonchev–Trinajstić information content (AvgIpc) is 2.89. The number of hydrogen-bond donors (Lipinski definition) is 1. The number of amides is 1. The summed E-state index contributed by atoms with van der Waals surface area (Å²) < 4.78 is 26.0. The fraction of sp³-hybridized carbons (Fsp3) is 0.424. The van der Waals surface area contributed by atoms with Gasteiger partial charge in [0.1, 0.15) is 5.82 Å². The minimum Gasteiger partial charge on any atom is -0.493 e. The zero-order valence-electron chi connectivity index (χ0n) is 24.8. The molecule has 0 atom stereocenters. The number of Topliss-reactive ketones (excluding diaryl/α,β-unsaturated/α-hetero) is 2. The van der Waals surface area contributed by atoms with Crippen LogP contribution in [0.25, 0.3) is 0 Å². The largest absolute Gasteiger partial charge is 0.493 e. The molecule has 7 nitrogen and oxygen atoms in total. The van der Waals surface area contributed by atoms with Crippen molar-refractivity contribution in [1.29, 1.82) is 0 Å². The van der Waals surface area contributed by atoms with E-state index in [4.69, 9.17) is 9.47 Å². The van der Waals surface area contributed by atoms with Gasteiger partial charge < -0.3 is 19.7 Å². The van der Waals surface area contributed by atoms with Crippen molar-refractivity contribution in [3.63, 3.8) is 0 Å². The van der Waals surface area contributed by atoms with Gasteiger partial charge in [-0.15, -0.1) is 0 Å². The number of rotatable bonds is 6. The highest BCUT2D eigenvalue weighted by molar-refractivity contribution is 9.10. The molecule has 0 saturated carbocycles. The molecule has 0 radical (unpaired) electrons. The maximum Gasteiger partial charge on any atom is 0.262 e. The Morgan fingerprint density at radius 3 is 2.12 bits per heavy atom. The second kappa shape index (κ2) is 11.0. The van der Waals surface area contributed by atoms with Gasteiger partial charge >= 0.3 is 0 Å². The van der Waals surface area contributed by atoms with E-state index in [-0.39, 0.29) is 40.4 Å². The summed E-state index contributed by atoms with van der Waals surface area (Å²) in [6, 6.07) is 9.50. The van der Waals surface area contributed by atoms with E-state index in [1.807, 2.05) is 13.1 Å². The molecule has 9 heteroatoms. The molecule has 1 aliphatic heterocycles. The molecule has 1 heterocycles. The van der Waals surface area contributed by atoms with Crippen LogP contribution in [0.2, 0.25) is 0 Å². The van der Waals surface area contributed by atoms with Crippen LogP contribution in [0.3, 0.4) is 0 Å². The third-order valence-electron chi connectivity index (χ3n) is 8.26. The molecular formula is C33H36BrFN2O5. The number of nitrogens with zero attached hydrogens (tertiary/aromatic N) is 1. The molecule has 5 rings (SSSR count). The zero-order chi connectivity index (χ0) is 30.6. The summed E-state index contributed by atoms with van der Waals surface area (Å²) in [4.78, 5) is 42.2. The highest BCUT2D eigenvalue weighted by Crippen LogP contribution is 2.55. The number of para-hydroxylation sites is 1. The van der Waals surface area contributed by atoms with E-state index >= 15 is 0 Å². The van der Waals surface area contributed by atoms with Crippen LogP contribution in [0.1, 0.15) is 64.9 Å². The first-order valence-corrected chi connectivity index (χ1v) is 14.8. The molecule has 0 spiro atoms. The number of halogens is 2. The Morgan fingerprint density at radius 1 is 1.00 bits per heavy atom. The van der Waals surface area contributed by atoms with Crippen molar-refractivity contribution >= 4 is 39.1 Å². The summed E-state index contributed by atoms with van der Waals surface area (Å²) in [5.41, 5.74) is 3.66. The number of ether oxygens (including phenoxy) is 2. The molecule has 222 valence electrons. The van der Waals surface area contributed by atoms with Gasteiger partial charge in [-0.25, -0.2) is 4.39 Å². The van der Waals surface area contributed by atoms with Gasteiger partial charge in [0.05, 0.1) is 17.3 Å². The average molecular weight is 640 g/mol. The first-order chi connectivity index (χ1) is 19.7. The molecule has 0 aromatic heterocycles. The molecule has 0 unspecified atom stereocenters. The summed E-state index contributed by atoms with van der Waals surface area (Å²) in [5.74, 6) is -0.909. The zero-order valence-corrected chi connectivity index (χ0v) is 26.4. The summed E-state index contributed by atoms with van der Waals surface area (Å²) in [7, 11) is 3.47. The van der Waals surface area contributed by atoms with Crippen LogP contribution in [-0.4, -0.2) is 43.1 Å². The minimum atomic E-state index is -0.546. The Hall–Kier alpha value is -3.46. The predicted molar refractivity (Wildman–Crippen MR) is 162 cm³/mol. The molecule has 2 aromatic carbocycles. The highest BCUT2D eigenvalue weighted by Gasteiger charge is 2.48. The molecule has 0 saturated heterocycles. The lowest BCUT2D eigenvalue weighted by Crippen LogP contribution is -2.43. The van der Waals surface area contributed by atoms with Gasteiger partial charge in [-0.3, -0.25) is 14.4 Å². The number of allylic oxidation sites excluding steroid dienone is 4. The fourth-order valence-corrected chi connectivity index (χ4v) is 7.01. The molecule has 42 heavy (non-hydrogen) atoms. The van der Waals surface area contributed by atoms with Crippen molar-refractivity contribution in [2.75, 3.05) is 26.1 Å². The number of ketones is 2. The van der Waals surface area contributed by atoms with Crippen LogP contribution in [0.4, 0.5) is 10.1 Å². The second-order valence-electron chi connectivity index (χ2n) is 12.9. The molecule has 2 aromatic rings. The highest BCUT2D eigenvalue weighted by atomic mass is 79.9. The number of carbonyl (C=O) groups is 3. The van der Waals surface area contributed by atoms with Gasteiger partial charge in [-0.2, -0.15) is 0 Å². The van der Waals surface area contributed by atoms with Crippen LogP contribution in [0.5, 0.6) is 11.5 Å². The molecule has 1 amide bonds. The number of nitrogens with one attached hydrogen (secondary N) is 1. The van der Waals surface area contributed by atoms with Gasteiger partial charge in [0.25, 0.3) is 5.91 Å². The Bertz CT molecular complexity index is 1500. The van der Waals surface area contributed by atoms with E-state index in [9.17, 15) is 18.8 Å². The molecule has 0 fully saturated rings. The summed E-state index contributed by atoms with van der Waals surface area (Å²) >= 11 is 3.58. The molecule has 3 aliphatic rings. The van der Waals surface area contributed by atoms with Gasteiger partial charge in [0.2, 0.25) is 0 Å². The topological polar surface area (TPSA) is 84.9 Å². The third kappa shape index (κ3) is 5.63. The standard InChI is InChI=1S/C33H36BrFN2O5/c1-32(2)13-22-29(24(38)15-32)28(30-23(37(22)5)14-33(3,4)16-25(30)39)18-11-19(34)31(26(12-18)41-6)42-17-27(40)36-21-10-8-7-9-20(21)35/h7-12,28H,13-17H2,1-6H3,(H,36,40). The van der Waals surface area contributed by atoms with Gasteiger partial charge in [0.15, 0.2) is 29.7 Å². The molecule has 1 N–H and O–H groups in total. The fourth-order valence-electron chi connectivity index (χ4n) is 6.43. The van der Waals surface area contributed by atoms with E-state index in [1.165, 1.54) is 25.3 Å². The summed E-state index contributed by atoms with van der Waals surface area (Å²) in [6.07, 6.45) is 2.25. The first-order valence-electron chi connectivity index (χ1n) is 14.0. The van der Waals surface area contributed by atoms with E-state index in [0.29, 0.717) is 34.2 Å². The SMILES string of the molecule is COc1cc(C2C3=C(CC(C)(C)CC3=O)N(C)C3=C2C(=O)CC(C)(C)C3)cc(Br)c1OCC(=O)Nc1ccccc1F. The maximum absolute atomic E-state index is 14.0. The van der Waals surface area contributed by atoms with E-state index in [2.05, 4.69) is 53.8 Å². The Labute approximate surface area is 254 Å². The van der Waals surface area contributed by atoms with Crippen LogP contribution < -0.4 is 14.8 Å². The number of carbonyl (C=O) groups excluding carboxylic acids is 3. The maximum atomic E-state index is 14.0. The van der Waals surface area contributed by atoms with Gasteiger partial charge in [0, 0.05) is 48.3 Å². The van der Waals surface area contributed by atoms with Crippen LogP contribution in [0, 0.1) is 16.6 Å². The minimum absolute atomic E-state index is 0.0440. The van der Waals surface area contributed by atoms with Gasteiger partial charge in [-0.1, -0.05) is 39.8 Å². The molecular weight excluding hydrogens is 603 g/mol. The second-order valence-corrected chi connectivity index (χ2v) is 13.8. The third-order valence-corrected chi connectivity index (χ3v) is 8.85. The van der Waals surface area contributed by atoms with Crippen LogP contribution in [0.15, 0.2) is 63.4 Å².